The first-order chi connectivity index (χ1) is 15.6. The summed E-state index contributed by atoms with van der Waals surface area (Å²) < 4.78 is 8.04. The number of benzene rings is 1. The molecule has 1 aromatic carbocycles. The van der Waals surface area contributed by atoms with Gasteiger partial charge in [0.25, 0.3) is 11.8 Å². The lowest BCUT2D eigenvalue weighted by molar-refractivity contribution is 0.0739. The molecule has 5 rings (SSSR count). The summed E-state index contributed by atoms with van der Waals surface area (Å²) in [7, 11) is 0. The summed E-state index contributed by atoms with van der Waals surface area (Å²) in [4.78, 5) is 22.2. The topological polar surface area (TPSA) is 80.3 Å². The first-order valence-electron chi connectivity index (χ1n) is 11.3. The van der Waals surface area contributed by atoms with Crippen LogP contribution in [0.15, 0.2) is 28.9 Å². The summed E-state index contributed by atoms with van der Waals surface area (Å²) >= 11 is 6.47. The third-order valence-corrected chi connectivity index (χ3v) is 6.52. The van der Waals surface area contributed by atoms with Crippen molar-refractivity contribution >= 4 is 17.5 Å². The minimum absolute atomic E-state index is 0.0382. The molecule has 1 atom stereocenters. The monoisotopic (exact) mass is 454 g/mol. The predicted molar refractivity (Wildman–Crippen MR) is 121 cm³/mol. The van der Waals surface area contributed by atoms with Crippen molar-refractivity contribution in [3.8, 4) is 17.3 Å². The van der Waals surface area contributed by atoms with E-state index in [1.54, 1.807) is 12.4 Å². The van der Waals surface area contributed by atoms with Crippen molar-refractivity contribution in [1.29, 1.82) is 0 Å². The molecule has 0 spiro atoms. The third kappa shape index (κ3) is 3.51. The Labute approximate surface area is 192 Å². The molecule has 9 heteroatoms. The van der Waals surface area contributed by atoms with Gasteiger partial charge in [0.2, 0.25) is 5.89 Å². The van der Waals surface area contributed by atoms with E-state index < -0.39 is 0 Å². The number of rotatable bonds is 7. The van der Waals surface area contributed by atoms with Crippen LogP contribution in [0.3, 0.4) is 0 Å². The molecule has 4 heterocycles. The molecule has 0 aliphatic carbocycles. The quantitative estimate of drug-likeness (QED) is 0.523. The summed E-state index contributed by atoms with van der Waals surface area (Å²) in [6.45, 7) is 7.63. The molecule has 3 aromatic rings. The largest absolute Gasteiger partial charge is 0.418 e. The van der Waals surface area contributed by atoms with E-state index in [1.165, 1.54) is 0 Å². The van der Waals surface area contributed by atoms with Crippen molar-refractivity contribution in [2.24, 2.45) is 0 Å². The van der Waals surface area contributed by atoms with Crippen LogP contribution in [-0.2, 0) is 6.54 Å². The molecule has 1 saturated heterocycles. The first kappa shape index (κ1) is 21.2. The van der Waals surface area contributed by atoms with E-state index in [2.05, 4.69) is 33.9 Å². The standard InChI is InChI=1S/C23H27ClN6O2/c1-3-10-28(11-4-2)13-18-26-27-22(32-18)20-21-17-9-6-12-29(17)23(31)19-15(24)7-5-8-16(19)30(21)14-25-20/h5,7-8,14,17H,3-4,6,9-13H2,1-2H3/t17-/m0/s1. The fraction of sp³-hybridized carbons (Fsp3) is 0.478. The van der Waals surface area contributed by atoms with Gasteiger partial charge in [-0.05, 0) is 50.9 Å². The second-order valence-corrected chi connectivity index (χ2v) is 8.82. The highest BCUT2D eigenvalue weighted by Crippen LogP contribution is 2.43. The van der Waals surface area contributed by atoms with E-state index >= 15 is 0 Å². The van der Waals surface area contributed by atoms with Crippen LogP contribution in [0.2, 0.25) is 5.02 Å². The van der Waals surface area contributed by atoms with Crippen molar-refractivity contribution in [3.05, 3.63) is 46.7 Å². The molecule has 32 heavy (non-hydrogen) atoms. The van der Waals surface area contributed by atoms with Gasteiger partial charge in [0, 0.05) is 6.54 Å². The van der Waals surface area contributed by atoms with Crippen LogP contribution in [0.4, 0.5) is 0 Å². The summed E-state index contributed by atoms with van der Waals surface area (Å²) in [6, 6.07) is 5.42. The van der Waals surface area contributed by atoms with Gasteiger partial charge in [-0.25, -0.2) is 4.98 Å². The van der Waals surface area contributed by atoms with Crippen LogP contribution in [0, 0.1) is 0 Å². The molecule has 2 aliphatic rings. The zero-order chi connectivity index (χ0) is 22.2. The molecule has 0 radical (unpaired) electrons. The molecular weight excluding hydrogens is 428 g/mol. The molecular formula is C23H27ClN6O2. The number of amides is 1. The number of imidazole rings is 1. The minimum atomic E-state index is -0.101. The van der Waals surface area contributed by atoms with Crippen LogP contribution in [-0.4, -0.2) is 55.1 Å². The van der Waals surface area contributed by atoms with Gasteiger partial charge < -0.3 is 9.32 Å². The molecule has 1 amide bonds. The predicted octanol–water partition coefficient (Wildman–Crippen LogP) is 4.49. The molecule has 0 bridgehead atoms. The van der Waals surface area contributed by atoms with E-state index in [0.29, 0.717) is 41.2 Å². The Balaban J connectivity index is 1.56. The molecule has 0 unspecified atom stereocenters. The summed E-state index contributed by atoms with van der Waals surface area (Å²) in [6.07, 6.45) is 5.67. The zero-order valence-corrected chi connectivity index (χ0v) is 19.2. The smallest absolute Gasteiger partial charge is 0.268 e. The van der Waals surface area contributed by atoms with Crippen molar-refractivity contribution in [2.45, 2.75) is 52.1 Å². The Morgan fingerprint density at radius 3 is 2.81 bits per heavy atom. The lowest BCUT2D eigenvalue weighted by atomic mass is 10.1. The number of nitrogens with zero attached hydrogens (tertiary/aromatic N) is 6. The highest BCUT2D eigenvalue weighted by molar-refractivity contribution is 6.34. The molecule has 1 fully saturated rings. The Hall–Kier alpha value is -2.71. The van der Waals surface area contributed by atoms with Crippen molar-refractivity contribution < 1.29 is 9.21 Å². The van der Waals surface area contributed by atoms with Crippen molar-refractivity contribution in [1.82, 2.24) is 29.5 Å². The molecule has 2 aromatic heterocycles. The van der Waals surface area contributed by atoms with Gasteiger partial charge in [0.05, 0.1) is 34.6 Å². The lowest BCUT2D eigenvalue weighted by Gasteiger charge is -2.22. The maximum Gasteiger partial charge on any atom is 0.268 e. The Morgan fingerprint density at radius 2 is 2.03 bits per heavy atom. The molecule has 0 saturated carbocycles. The highest BCUT2D eigenvalue weighted by atomic mass is 35.5. The van der Waals surface area contributed by atoms with E-state index in [0.717, 1.165) is 50.2 Å². The minimum Gasteiger partial charge on any atom is -0.418 e. The maximum absolute atomic E-state index is 13.4. The second kappa shape index (κ2) is 8.67. The molecule has 8 nitrogen and oxygen atoms in total. The second-order valence-electron chi connectivity index (χ2n) is 8.42. The number of aromatic nitrogens is 4. The highest BCUT2D eigenvalue weighted by Gasteiger charge is 2.40. The Kier molecular flexibility index (Phi) is 5.73. The van der Waals surface area contributed by atoms with Gasteiger partial charge in [0.15, 0.2) is 5.69 Å². The van der Waals surface area contributed by atoms with E-state index in [1.807, 2.05) is 21.6 Å². The van der Waals surface area contributed by atoms with E-state index in [-0.39, 0.29) is 11.9 Å². The zero-order valence-electron chi connectivity index (χ0n) is 18.4. The van der Waals surface area contributed by atoms with Gasteiger partial charge in [0.1, 0.15) is 6.33 Å². The SMILES string of the molecule is CCCN(CCC)Cc1nnc(-c2ncn3c2[C@@H]2CCCN2C(=O)c2c(Cl)cccc2-3)o1. The number of hydrogen-bond donors (Lipinski definition) is 0. The fourth-order valence-electron chi connectivity index (χ4n) is 4.90. The Bertz CT molecular complexity index is 1130. The average molecular weight is 455 g/mol. The average Bonchev–Trinajstić information content (AvgIpc) is 3.51. The first-order valence-corrected chi connectivity index (χ1v) is 11.7. The summed E-state index contributed by atoms with van der Waals surface area (Å²) in [5.41, 5.74) is 2.80. The van der Waals surface area contributed by atoms with Gasteiger partial charge in [-0.1, -0.05) is 31.5 Å². The van der Waals surface area contributed by atoms with E-state index in [9.17, 15) is 4.79 Å². The lowest BCUT2D eigenvalue weighted by Crippen LogP contribution is -2.29. The van der Waals surface area contributed by atoms with Crippen molar-refractivity contribution in [2.75, 3.05) is 19.6 Å². The van der Waals surface area contributed by atoms with E-state index in [4.69, 9.17) is 16.0 Å². The van der Waals surface area contributed by atoms with Gasteiger partial charge in [-0.3, -0.25) is 14.3 Å². The Morgan fingerprint density at radius 1 is 1.22 bits per heavy atom. The third-order valence-electron chi connectivity index (χ3n) is 6.21. The summed E-state index contributed by atoms with van der Waals surface area (Å²) in [5.74, 6) is 0.940. The molecule has 2 aliphatic heterocycles. The number of carbonyl (C=O) groups excluding carboxylic acids is 1. The van der Waals surface area contributed by atoms with Gasteiger partial charge in [-0.2, -0.15) is 0 Å². The number of hydrogen-bond acceptors (Lipinski definition) is 6. The maximum atomic E-state index is 13.4. The van der Waals surface area contributed by atoms with Crippen LogP contribution in [0.5, 0.6) is 0 Å². The molecule has 168 valence electrons. The van der Waals surface area contributed by atoms with Crippen LogP contribution >= 0.6 is 11.6 Å². The van der Waals surface area contributed by atoms with Crippen LogP contribution < -0.4 is 0 Å². The van der Waals surface area contributed by atoms with Gasteiger partial charge in [-0.15, -0.1) is 10.2 Å². The van der Waals surface area contributed by atoms with Crippen LogP contribution in [0.25, 0.3) is 17.3 Å². The van der Waals surface area contributed by atoms with Crippen LogP contribution in [0.1, 0.15) is 67.5 Å². The van der Waals surface area contributed by atoms with Crippen molar-refractivity contribution in [3.63, 3.8) is 0 Å². The fourth-order valence-corrected chi connectivity index (χ4v) is 5.15. The number of fused-ring (bicyclic) bond motifs is 5. The van der Waals surface area contributed by atoms with Gasteiger partial charge >= 0.3 is 0 Å². The molecule has 0 N–H and O–H groups in total. The number of carbonyl (C=O) groups is 1. The normalized spacial score (nSPS) is 17.4. The summed E-state index contributed by atoms with van der Waals surface area (Å²) in [5, 5.41) is 9.08. The number of halogens is 1.